The fourth-order valence-electron chi connectivity index (χ4n) is 2.33. The zero-order chi connectivity index (χ0) is 11.1. The summed E-state index contributed by atoms with van der Waals surface area (Å²) in [7, 11) is -0.971. The third kappa shape index (κ3) is 2.20. The molecular formula is C13H18OSi. The monoisotopic (exact) mass is 218 g/mol. The first kappa shape index (κ1) is 10.6. The van der Waals surface area contributed by atoms with Crippen LogP contribution in [0.15, 0.2) is 18.2 Å². The molecule has 15 heavy (non-hydrogen) atoms. The van der Waals surface area contributed by atoms with Gasteiger partial charge in [-0.25, -0.2) is 0 Å². The third-order valence-electron chi connectivity index (χ3n) is 3.35. The van der Waals surface area contributed by atoms with Crippen LogP contribution in [0.2, 0.25) is 19.1 Å². The molecule has 0 aromatic heterocycles. The normalized spacial score (nSPS) is 18.3. The molecule has 0 N–H and O–H groups in total. The van der Waals surface area contributed by atoms with Gasteiger partial charge < -0.3 is 0 Å². The molecule has 1 heterocycles. The van der Waals surface area contributed by atoms with Gasteiger partial charge in [-0.15, -0.1) is 0 Å². The van der Waals surface area contributed by atoms with Crippen LogP contribution in [-0.4, -0.2) is 13.9 Å². The highest BCUT2D eigenvalue weighted by Gasteiger charge is 2.27. The standard InChI is InChI=1S/C13H18OSi/c1-10(14)11-4-5-13-9-15(2,3)7-6-12(13)8-11/h4-5,8H,6-7,9H2,1-3H3. The minimum absolute atomic E-state index is 0.180. The lowest BCUT2D eigenvalue weighted by atomic mass is 10.0. The van der Waals surface area contributed by atoms with E-state index in [0.717, 1.165) is 5.56 Å². The van der Waals surface area contributed by atoms with Crippen molar-refractivity contribution in [2.75, 3.05) is 0 Å². The minimum atomic E-state index is -0.971. The van der Waals surface area contributed by atoms with E-state index in [1.165, 1.54) is 29.6 Å². The summed E-state index contributed by atoms with van der Waals surface area (Å²) in [5.74, 6) is 0.180. The second kappa shape index (κ2) is 3.60. The largest absolute Gasteiger partial charge is 0.295 e. The molecule has 1 nitrogen and oxygen atoms in total. The molecule has 0 atom stereocenters. The van der Waals surface area contributed by atoms with Gasteiger partial charge in [0.15, 0.2) is 5.78 Å². The molecule has 1 aliphatic heterocycles. The van der Waals surface area contributed by atoms with Crippen molar-refractivity contribution in [3.63, 3.8) is 0 Å². The molecule has 0 saturated heterocycles. The van der Waals surface area contributed by atoms with Crippen molar-refractivity contribution in [1.29, 1.82) is 0 Å². The summed E-state index contributed by atoms with van der Waals surface area (Å²) in [6.07, 6.45) is 1.18. The average molecular weight is 218 g/mol. The van der Waals surface area contributed by atoms with Gasteiger partial charge in [0, 0.05) is 5.56 Å². The molecule has 2 heteroatoms. The van der Waals surface area contributed by atoms with Crippen LogP contribution in [0.25, 0.3) is 0 Å². The van der Waals surface area contributed by atoms with Crippen molar-refractivity contribution in [3.05, 3.63) is 34.9 Å². The third-order valence-corrected chi connectivity index (χ3v) is 6.29. The minimum Gasteiger partial charge on any atom is -0.295 e. The van der Waals surface area contributed by atoms with Crippen molar-refractivity contribution in [3.8, 4) is 0 Å². The van der Waals surface area contributed by atoms with E-state index in [4.69, 9.17) is 0 Å². The molecule has 0 spiro atoms. The average Bonchev–Trinajstić information content (AvgIpc) is 2.15. The lowest BCUT2D eigenvalue weighted by Crippen LogP contribution is -2.33. The number of fused-ring (bicyclic) bond motifs is 1. The summed E-state index contributed by atoms with van der Waals surface area (Å²) in [6, 6.07) is 8.89. The Morgan fingerprint density at radius 2 is 2.00 bits per heavy atom. The molecule has 80 valence electrons. The first-order valence-electron chi connectivity index (χ1n) is 5.61. The van der Waals surface area contributed by atoms with E-state index < -0.39 is 8.07 Å². The van der Waals surface area contributed by atoms with Gasteiger partial charge in [-0.2, -0.15) is 0 Å². The predicted molar refractivity (Wildman–Crippen MR) is 66.1 cm³/mol. The molecule has 0 aliphatic carbocycles. The van der Waals surface area contributed by atoms with Crippen LogP contribution in [0.1, 0.15) is 28.4 Å². The highest BCUT2D eigenvalue weighted by molar-refractivity contribution is 6.77. The molecule has 0 amide bonds. The number of aryl methyl sites for hydroxylation is 1. The highest BCUT2D eigenvalue weighted by atomic mass is 28.3. The number of ketones is 1. The van der Waals surface area contributed by atoms with E-state index in [1.807, 2.05) is 6.07 Å². The second-order valence-electron chi connectivity index (χ2n) is 5.38. The Balaban J connectivity index is 2.36. The van der Waals surface area contributed by atoms with Crippen LogP contribution in [-0.2, 0) is 12.5 Å². The number of hydrogen-bond donors (Lipinski definition) is 0. The Labute approximate surface area is 92.5 Å². The molecule has 1 aromatic carbocycles. The lowest BCUT2D eigenvalue weighted by Gasteiger charge is -2.29. The van der Waals surface area contributed by atoms with Crippen LogP contribution in [0, 0.1) is 0 Å². The second-order valence-corrected chi connectivity index (χ2v) is 10.6. The van der Waals surface area contributed by atoms with Crippen LogP contribution >= 0.6 is 0 Å². The van der Waals surface area contributed by atoms with Gasteiger partial charge in [0.1, 0.15) is 0 Å². The Bertz CT molecular complexity index is 407. The summed E-state index contributed by atoms with van der Waals surface area (Å²) >= 11 is 0. The first-order valence-corrected chi connectivity index (χ1v) is 9.02. The number of benzene rings is 1. The van der Waals surface area contributed by atoms with Gasteiger partial charge in [0.25, 0.3) is 0 Å². The zero-order valence-corrected chi connectivity index (χ0v) is 10.8. The smallest absolute Gasteiger partial charge is 0.159 e. The quantitative estimate of drug-likeness (QED) is 0.522. The van der Waals surface area contributed by atoms with E-state index in [-0.39, 0.29) is 5.78 Å². The molecule has 0 radical (unpaired) electrons. The fraction of sp³-hybridized carbons (Fsp3) is 0.462. The van der Waals surface area contributed by atoms with E-state index >= 15 is 0 Å². The Kier molecular flexibility index (Phi) is 2.55. The molecule has 2 rings (SSSR count). The van der Waals surface area contributed by atoms with Crippen LogP contribution < -0.4 is 0 Å². The van der Waals surface area contributed by atoms with Crippen molar-refractivity contribution >= 4 is 13.9 Å². The maximum atomic E-state index is 11.3. The van der Waals surface area contributed by atoms with Crippen LogP contribution in [0.5, 0.6) is 0 Å². The molecular weight excluding hydrogens is 200 g/mol. The Morgan fingerprint density at radius 3 is 2.67 bits per heavy atom. The van der Waals surface area contributed by atoms with Crippen molar-refractivity contribution in [2.45, 2.75) is 38.5 Å². The number of rotatable bonds is 1. The van der Waals surface area contributed by atoms with Gasteiger partial charge in [-0.1, -0.05) is 31.3 Å². The summed E-state index contributed by atoms with van der Waals surface area (Å²) in [4.78, 5) is 11.3. The van der Waals surface area contributed by atoms with E-state index in [1.54, 1.807) is 6.92 Å². The number of hydrogen-bond acceptors (Lipinski definition) is 1. The molecule has 0 saturated carbocycles. The molecule has 0 unspecified atom stereocenters. The van der Waals surface area contributed by atoms with Gasteiger partial charge in [-0.05, 0) is 36.6 Å². The number of Topliss-reactive ketones (excluding diaryl/α,β-unsaturated/α-hetero) is 1. The summed E-state index contributed by atoms with van der Waals surface area (Å²) in [6.45, 7) is 6.55. The summed E-state index contributed by atoms with van der Waals surface area (Å²) < 4.78 is 0. The Morgan fingerprint density at radius 1 is 1.27 bits per heavy atom. The maximum absolute atomic E-state index is 11.3. The molecule has 0 bridgehead atoms. The molecule has 0 fully saturated rings. The molecule has 1 aromatic rings. The van der Waals surface area contributed by atoms with Crippen molar-refractivity contribution in [1.82, 2.24) is 0 Å². The zero-order valence-electron chi connectivity index (χ0n) is 9.76. The fourth-order valence-corrected chi connectivity index (χ4v) is 4.83. The maximum Gasteiger partial charge on any atom is 0.159 e. The Hall–Kier alpha value is -0.893. The van der Waals surface area contributed by atoms with E-state index in [9.17, 15) is 4.79 Å². The number of carbonyl (C=O) groups excluding carboxylic acids is 1. The van der Waals surface area contributed by atoms with E-state index in [0.29, 0.717) is 0 Å². The van der Waals surface area contributed by atoms with Gasteiger partial charge in [-0.3, -0.25) is 4.79 Å². The highest BCUT2D eigenvalue weighted by Crippen LogP contribution is 2.28. The van der Waals surface area contributed by atoms with Gasteiger partial charge >= 0.3 is 0 Å². The predicted octanol–water partition coefficient (Wildman–Crippen LogP) is 3.24. The summed E-state index contributed by atoms with van der Waals surface area (Å²) in [5, 5.41) is 0. The van der Waals surface area contributed by atoms with Crippen LogP contribution in [0.4, 0.5) is 0 Å². The SMILES string of the molecule is CC(=O)c1ccc2c(c1)CC[Si](C)(C)C2. The molecule has 1 aliphatic rings. The van der Waals surface area contributed by atoms with Gasteiger partial charge in [0.2, 0.25) is 0 Å². The lowest BCUT2D eigenvalue weighted by molar-refractivity contribution is 0.101. The first-order chi connectivity index (χ1) is 6.98. The topological polar surface area (TPSA) is 17.1 Å². The van der Waals surface area contributed by atoms with E-state index in [2.05, 4.69) is 25.2 Å². The summed E-state index contributed by atoms with van der Waals surface area (Å²) in [5.41, 5.74) is 3.77. The van der Waals surface area contributed by atoms with Crippen molar-refractivity contribution < 1.29 is 4.79 Å². The van der Waals surface area contributed by atoms with Crippen molar-refractivity contribution in [2.24, 2.45) is 0 Å². The van der Waals surface area contributed by atoms with Crippen LogP contribution in [0.3, 0.4) is 0 Å². The van der Waals surface area contributed by atoms with Gasteiger partial charge in [0.05, 0.1) is 8.07 Å². The number of carbonyl (C=O) groups is 1.